The molecule has 0 saturated carbocycles. The van der Waals surface area contributed by atoms with Gasteiger partial charge in [-0.05, 0) is 45.0 Å². The smallest absolute Gasteiger partial charge is 0.266 e. The Morgan fingerprint density at radius 1 is 1.10 bits per heavy atom. The van der Waals surface area contributed by atoms with Crippen LogP contribution in [0.5, 0.6) is 0 Å². The van der Waals surface area contributed by atoms with Crippen molar-refractivity contribution in [2.24, 2.45) is 0 Å². The van der Waals surface area contributed by atoms with Gasteiger partial charge >= 0.3 is 0 Å². The number of Topliss-reactive ketones (excluding diaryl/α,β-unsaturated/α-hetero) is 1. The standard InChI is InChI=1S/C19H21N5O4S/c1-13-11-14(2)24(21-13)18-7-8-19(26)23(22-18)10-9-20-29(27,28)17-6-4-5-16(12-17)15(3)25/h4-8,11-12,20H,9-10H2,1-3H3. The highest BCUT2D eigenvalue weighted by Crippen LogP contribution is 2.12. The number of hydrogen-bond donors (Lipinski definition) is 1. The van der Waals surface area contributed by atoms with Crippen LogP contribution in [0.4, 0.5) is 0 Å². The summed E-state index contributed by atoms with van der Waals surface area (Å²) in [5, 5.41) is 8.60. The number of sulfonamides is 1. The van der Waals surface area contributed by atoms with Crippen LogP contribution in [0.2, 0.25) is 0 Å². The molecule has 0 aliphatic carbocycles. The highest BCUT2D eigenvalue weighted by atomic mass is 32.2. The van der Waals surface area contributed by atoms with Crippen LogP contribution in [0.25, 0.3) is 5.82 Å². The topological polar surface area (TPSA) is 116 Å². The van der Waals surface area contributed by atoms with Gasteiger partial charge in [0.05, 0.1) is 17.1 Å². The molecule has 0 radical (unpaired) electrons. The van der Waals surface area contributed by atoms with Crippen molar-refractivity contribution < 1.29 is 13.2 Å². The van der Waals surface area contributed by atoms with E-state index >= 15 is 0 Å². The lowest BCUT2D eigenvalue weighted by Crippen LogP contribution is -2.32. The molecule has 3 rings (SSSR count). The van der Waals surface area contributed by atoms with Gasteiger partial charge in [0.25, 0.3) is 5.56 Å². The minimum atomic E-state index is -3.83. The maximum atomic E-state index is 12.5. The molecule has 0 fully saturated rings. The van der Waals surface area contributed by atoms with Gasteiger partial charge < -0.3 is 0 Å². The predicted molar refractivity (Wildman–Crippen MR) is 107 cm³/mol. The first-order chi connectivity index (χ1) is 13.7. The number of carbonyl (C=O) groups is 1. The monoisotopic (exact) mass is 415 g/mol. The van der Waals surface area contributed by atoms with Crippen molar-refractivity contribution in [2.45, 2.75) is 32.2 Å². The average molecular weight is 415 g/mol. The van der Waals surface area contributed by atoms with Gasteiger partial charge in [-0.25, -0.2) is 22.5 Å². The first-order valence-corrected chi connectivity index (χ1v) is 10.4. The first kappa shape index (κ1) is 20.6. The minimum Gasteiger partial charge on any atom is -0.295 e. The fourth-order valence-electron chi connectivity index (χ4n) is 2.82. The molecule has 3 aromatic rings. The Balaban J connectivity index is 1.75. The van der Waals surface area contributed by atoms with Crippen LogP contribution in [-0.4, -0.2) is 40.3 Å². The molecule has 0 atom stereocenters. The van der Waals surface area contributed by atoms with Gasteiger partial charge in [-0.2, -0.15) is 5.10 Å². The van der Waals surface area contributed by atoms with Gasteiger partial charge in [-0.3, -0.25) is 9.59 Å². The van der Waals surface area contributed by atoms with E-state index in [9.17, 15) is 18.0 Å². The van der Waals surface area contributed by atoms with Crippen LogP contribution in [0.1, 0.15) is 28.7 Å². The summed E-state index contributed by atoms with van der Waals surface area (Å²) in [5.74, 6) is 0.242. The molecule has 29 heavy (non-hydrogen) atoms. The first-order valence-electron chi connectivity index (χ1n) is 8.90. The average Bonchev–Trinajstić information content (AvgIpc) is 3.01. The Bertz CT molecular complexity index is 1230. The molecule has 0 spiro atoms. The number of carbonyl (C=O) groups excluding carboxylic acids is 1. The van der Waals surface area contributed by atoms with Gasteiger partial charge in [0.1, 0.15) is 0 Å². The fraction of sp³-hybridized carbons (Fsp3) is 0.263. The van der Waals surface area contributed by atoms with Crippen molar-refractivity contribution in [2.75, 3.05) is 6.54 Å². The zero-order valence-electron chi connectivity index (χ0n) is 16.3. The van der Waals surface area contributed by atoms with Crippen molar-refractivity contribution in [1.82, 2.24) is 24.3 Å². The Hall–Kier alpha value is -3.11. The summed E-state index contributed by atoms with van der Waals surface area (Å²) in [4.78, 5) is 23.5. The van der Waals surface area contributed by atoms with Crippen molar-refractivity contribution >= 4 is 15.8 Å². The number of aromatic nitrogens is 4. The van der Waals surface area contributed by atoms with Crippen molar-refractivity contribution in [1.29, 1.82) is 0 Å². The van der Waals surface area contributed by atoms with Crippen LogP contribution >= 0.6 is 0 Å². The number of aryl methyl sites for hydroxylation is 2. The summed E-state index contributed by atoms with van der Waals surface area (Å²) >= 11 is 0. The SMILES string of the molecule is CC(=O)c1cccc(S(=O)(=O)NCCn2nc(-n3nc(C)cc3C)ccc2=O)c1. The van der Waals surface area contributed by atoms with Crippen LogP contribution in [0, 0.1) is 13.8 Å². The fourth-order valence-corrected chi connectivity index (χ4v) is 3.89. The van der Waals surface area contributed by atoms with E-state index in [2.05, 4.69) is 14.9 Å². The van der Waals surface area contributed by atoms with Crippen LogP contribution in [0.15, 0.2) is 52.2 Å². The number of nitrogens with one attached hydrogen (secondary N) is 1. The molecule has 0 unspecified atom stereocenters. The lowest BCUT2D eigenvalue weighted by atomic mass is 10.2. The highest BCUT2D eigenvalue weighted by Gasteiger charge is 2.15. The largest absolute Gasteiger partial charge is 0.295 e. The van der Waals surface area contributed by atoms with E-state index in [1.54, 1.807) is 16.8 Å². The van der Waals surface area contributed by atoms with Crippen molar-refractivity contribution in [3.8, 4) is 5.82 Å². The third-order valence-corrected chi connectivity index (χ3v) is 5.70. The molecule has 0 aliphatic heterocycles. The minimum absolute atomic E-state index is 0.0121. The maximum absolute atomic E-state index is 12.5. The molecule has 2 aromatic heterocycles. The summed E-state index contributed by atoms with van der Waals surface area (Å²) in [7, 11) is -3.83. The van der Waals surface area contributed by atoms with E-state index in [4.69, 9.17) is 0 Å². The summed E-state index contributed by atoms with van der Waals surface area (Å²) < 4.78 is 30.2. The number of nitrogens with zero attached hydrogens (tertiary/aromatic N) is 4. The van der Waals surface area contributed by atoms with E-state index in [0.717, 1.165) is 11.4 Å². The maximum Gasteiger partial charge on any atom is 0.266 e. The normalized spacial score (nSPS) is 11.6. The van der Waals surface area contributed by atoms with Gasteiger partial charge in [-0.1, -0.05) is 12.1 Å². The summed E-state index contributed by atoms with van der Waals surface area (Å²) in [6, 6.07) is 10.6. The number of benzene rings is 1. The zero-order valence-corrected chi connectivity index (χ0v) is 17.1. The lowest BCUT2D eigenvalue weighted by Gasteiger charge is -2.10. The summed E-state index contributed by atoms with van der Waals surface area (Å²) in [6.07, 6.45) is 0. The predicted octanol–water partition coefficient (Wildman–Crippen LogP) is 1.23. The molecule has 9 nitrogen and oxygen atoms in total. The van der Waals surface area contributed by atoms with E-state index < -0.39 is 10.0 Å². The van der Waals surface area contributed by atoms with Crippen LogP contribution in [-0.2, 0) is 16.6 Å². The molecule has 1 aromatic carbocycles. The molecular weight excluding hydrogens is 394 g/mol. The van der Waals surface area contributed by atoms with E-state index in [-0.39, 0.29) is 29.3 Å². The van der Waals surface area contributed by atoms with Crippen LogP contribution in [0.3, 0.4) is 0 Å². The summed E-state index contributed by atoms with van der Waals surface area (Å²) in [5.41, 5.74) is 1.64. The second-order valence-corrected chi connectivity index (χ2v) is 8.34. The second-order valence-electron chi connectivity index (χ2n) is 6.57. The van der Waals surface area contributed by atoms with Crippen molar-refractivity contribution in [3.05, 3.63) is 69.8 Å². The third kappa shape index (κ3) is 4.66. The number of hydrogen-bond acceptors (Lipinski definition) is 6. The molecule has 0 bridgehead atoms. The molecule has 2 heterocycles. The molecule has 1 N–H and O–H groups in total. The van der Waals surface area contributed by atoms with E-state index in [1.165, 1.54) is 35.9 Å². The molecule has 10 heteroatoms. The quantitative estimate of drug-likeness (QED) is 0.580. The Morgan fingerprint density at radius 2 is 1.86 bits per heavy atom. The Labute approximate surface area is 168 Å². The zero-order chi connectivity index (χ0) is 21.2. The van der Waals surface area contributed by atoms with E-state index in [0.29, 0.717) is 11.4 Å². The molecule has 0 saturated heterocycles. The van der Waals surface area contributed by atoms with Crippen molar-refractivity contribution in [3.63, 3.8) is 0 Å². The highest BCUT2D eigenvalue weighted by molar-refractivity contribution is 7.89. The third-order valence-electron chi connectivity index (χ3n) is 4.25. The van der Waals surface area contributed by atoms with Gasteiger partial charge in [0, 0.05) is 23.9 Å². The second kappa shape index (κ2) is 8.10. The number of rotatable bonds is 7. The van der Waals surface area contributed by atoms with Gasteiger partial charge in [0.15, 0.2) is 11.6 Å². The Kier molecular flexibility index (Phi) is 5.76. The van der Waals surface area contributed by atoms with Crippen LogP contribution < -0.4 is 10.3 Å². The van der Waals surface area contributed by atoms with Gasteiger partial charge in [0.2, 0.25) is 10.0 Å². The molecule has 0 amide bonds. The molecule has 152 valence electrons. The van der Waals surface area contributed by atoms with Gasteiger partial charge in [-0.15, -0.1) is 5.10 Å². The number of ketones is 1. The lowest BCUT2D eigenvalue weighted by molar-refractivity contribution is 0.101. The molecular formula is C19H21N5O4S. The Morgan fingerprint density at radius 3 is 2.52 bits per heavy atom. The molecule has 0 aliphatic rings. The summed E-state index contributed by atoms with van der Waals surface area (Å²) in [6.45, 7) is 5.10. The van der Waals surface area contributed by atoms with E-state index in [1.807, 2.05) is 19.9 Å².